The van der Waals surface area contributed by atoms with E-state index in [1.807, 2.05) is 18.7 Å². The van der Waals surface area contributed by atoms with Crippen LogP contribution in [-0.4, -0.2) is 53.1 Å². The molecule has 0 bridgehead atoms. The summed E-state index contributed by atoms with van der Waals surface area (Å²) in [6.07, 6.45) is 1.53. The first-order valence-corrected chi connectivity index (χ1v) is 6.01. The van der Waals surface area contributed by atoms with Gasteiger partial charge in [-0.3, -0.25) is 14.9 Å². The van der Waals surface area contributed by atoms with Crippen LogP contribution in [-0.2, 0) is 0 Å². The van der Waals surface area contributed by atoms with Gasteiger partial charge in [-0.05, 0) is 19.9 Å². The minimum absolute atomic E-state index is 0.191. The third-order valence-corrected chi connectivity index (χ3v) is 2.50. The number of aromatic nitrogens is 2. The van der Waals surface area contributed by atoms with Gasteiger partial charge in [0.1, 0.15) is 5.69 Å². The minimum atomic E-state index is -0.191. The molecule has 0 saturated carbocycles. The molecule has 0 aliphatic heterocycles. The van der Waals surface area contributed by atoms with Gasteiger partial charge in [-0.15, -0.1) is 0 Å². The van der Waals surface area contributed by atoms with E-state index >= 15 is 0 Å². The molecule has 1 amide bonds. The zero-order chi connectivity index (χ0) is 13.4. The van der Waals surface area contributed by atoms with E-state index < -0.39 is 0 Å². The number of rotatable bonds is 6. The number of nitrogens with one attached hydrogen (secondary N) is 2. The lowest BCUT2D eigenvalue weighted by molar-refractivity contribution is 0.0950. The second-order valence-electron chi connectivity index (χ2n) is 3.64. The monoisotopic (exact) mass is 252 g/mol. The summed E-state index contributed by atoms with van der Waals surface area (Å²) < 4.78 is 0. The number of carbonyl (C=O) groups excluding carboxylic acids is 1. The highest BCUT2D eigenvalue weighted by molar-refractivity contribution is 5.92. The van der Waals surface area contributed by atoms with Crippen LogP contribution in [0, 0.1) is 0 Å². The number of hydrogen-bond donors (Lipinski definition) is 3. The first-order chi connectivity index (χ1) is 8.69. The molecule has 7 heteroatoms. The molecule has 0 aliphatic rings. The van der Waals surface area contributed by atoms with Gasteiger partial charge in [-0.1, -0.05) is 0 Å². The standard InChI is InChI=1S/C11H20N6O/c1-3-17(4-2)11(12)14-8-7-13-10(18)9-5-6-15-16-9/h5-6H,3-4,7-8H2,1-2H3,(H2,12,14)(H,13,18)(H,15,16). The minimum Gasteiger partial charge on any atom is -0.370 e. The van der Waals surface area contributed by atoms with Gasteiger partial charge in [-0.2, -0.15) is 5.10 Å². The molecule has 4 N–H and O–H groups in total. The van der Waals surface area contributed by atoms with Gasteiger partial charge in [0.05, 0.1) is 6.54 Å². The maximum Gasteiger partial charge on any atom is 0.269 e. The second kappa shape index (κ2) is 7.31. The summed E-state index contributed by atoms with van der Waals surface area (Å²) in [6.45, 7) is 6.60. The SMILES string of the molecule is CCN(CC)C(N)=NCCNC(=O)c1ccn[nH]1. The predicted molar refractivity (Wildman–Crippen MR) is 70.3 cm³/mol. The molecule has 0 radical (unpaired) electrons. The Balaban J connectivity index is 2.30. The molecule has 1 heterocycles. The van der Waals surface area contributed by atoms with Crippen molar-refractivity contribution in [3.63, 3.8) is 0 Å². The fraction of sp³-hybridized carbons (Fsp3) is 0.545. The average Bonchev–Trinajstić information content (AvgIpc) is 2.89. The van der Waals surface area contributed by atoms with Crippen LogP contribution in [0.1, 0.15) is 24.3 Å². The molecule has 0 aliphatic carbocycles. The Hall–Kier alpha value is -2.05. The van der Waals surface area contributed by atoms with E-state index in [9.17, 15) is 4.79 Å². The summed E-state index contributed by atoms with van der Waals surface area (Å²) in [4.78, 5) is 17.7. The van der Waals surface area contributed by atoms with Gasteiger partial charge in [-0.25, -0.2) is 0 Å². The summed E-state index contributed by atoms with van der Waals surface area (Å²) in [6, 6.07) is 1.61. The molecule has 1 aromatic heterocycles. The fourth-order valence-electron chi connectivity index (χ4n) is 1.47. The Bertz CT molecular complexity index is 382. The van der Waals surface area contributed by atoms with E-state index in [1.165, 1.54) is 6.20 Å². The molecule has 1 rings (SSSR count). The highest BCUT2D eigenvalue weighted by Gasteiger charge is 2.05. The third kappa shape index (κ3) is 4.08. The molecule has 0 atom stereocenters. The average molecular weight is 252 g/mol. The molecule has 100 valence electrons. The van der Waals surface area contributed by atoms with E-state index in [4.69, 9.17) is 5.73 Å². The third-order valence-electron chi connectivity index (χ3n) is 2.50. The van der Waals surface area contributed by atoms with E-state index in [1.54, 1.807) is 6.07 Å². The van der Waals surface area contributed by atoms with Gasteiger partial charge >= 0.3 is 0 Å². The lowest BCUT2D eigenvalue weighted by Crippen LogP contribution is -2.37. The van der Waals surface area contributed by atoms with Crippen LogP contribution < -0.4 is 11.1 Å². The number of nitrogens with zero attached hydrogens (tertiary/aromatic N) is 3. The quantitative estimate of drug-likeness (QED) is 0.371. The van der Waals surface area contributed by atoms with Crippen LogP contribution >= 0.6 is 0 Å². The van der Waals surface area contributed by atoms with Gasteiger partial charge in [0.2, 0.25) is 0 Å². The van der Waals surface area contributed by atoms with E-state index in [0.717, 1.165) is 13.1 Å². The lowest BCUT2D eigenvalue weighted by atomic mass is 10.4. The Morgan fingerprint density at radius 1 is 1.56 bits per heavy atom. The summed E-state index contributed by atoms with van der Waals surface area (Å²) in [5, 5.41) is 9.02. The normalized spacial score (nSPS) is 11.3. The zero-order valence-corrected chi connectivity index (χ0v) is 10.8. The maximum absolute atomic E-state index is 11.5. The molecule has 0 spiro atoms. The number of carbonyl (C=O) groups is 1. The molecular weight excluding hydrogens is 232 g/mol. The van der Waals surface area contributed by atoms with Gasteiger partial charge in [0, 0.05) is 25.8 Å². The highest BCUT2D eigenvalue weighted by Crippen LogP contribution is 1.90. The fourth-order valence-corrected chi connectivity index (χ4v) is 1.47. The molecule has 1 aromatic rings. The maximum atomic E-state index is 11.5. The summed E-state index contributed by atoms with van der Waals surface area (Å²) in [5.74, 6) is 0.319. The number of hydrogen-bond acceptors (Lipinski definition) is 3. The molecule has 0 unspecified atom stereocenters. The highest BCUT2D eigenvalue weighted by atomic mass is 16.1. The Morgan fingerprint density at radius 3 is 2.83 bits per heavy atom. The van der Waals surface area contributed by atoms with Crippen LogP contribution in [0.25, 0.3) is 0 Å². The van der Waals surface area contributed by atoms with Gasteiger partial charge in [0.25, 0.3) is 5.91 Å². The van der Waals surface area contributed by atoms with Crippen molar-refractivity contribution in [3.8, 4) is 0 Å². The smallest absolute Gasteiger partial charge is 0.269 e. The van der Waals surface area contributed by atoms with Crippen LogP contribution in [0.5, 0.6) is 0 Å². The first kappa shape index (κ1) is 14.0. The van der Waals surface area contributed by atoms with Crippen LogP contribution in [0.3, 0.4) is 0 Å². The van der Waals surface area contributed by atoms with E-state index in [-0.39, 0.29) is 5.91 Å². The Kier molecular flexibility index (Phi) is 5.69. The topological polar surface area (TPSA) is 99.4 Å². The number of aromatic amines is 1. The number of nitrogens with two attached hydrogens (primary N) is 1. The molecule has 0 saturated heterocycles. The van der Waals surface area contributed by atoms with Crippen LogP contribution in [0.2, 0.25) is 0 Å². The first-order valence-electron chi connectivity index (χ1n) is 6.01. The molecule has 0 fully saturated rings. The summed E-state index contributed by atoms with van der Waals surface area (Å²) >= 11 is 0. The van der Waals surface area contributed by atoms with Gasteiger partial charge < -0.3 is 16.0 Å². The summed E-state index contributed by atoms with van der Waals surface area (Å²) in [7, 11) is 0. The Morgan fingerprint density at radius 2 is 2.28 bits per heavy atom. The number of H-pyrrole nitrogens is 1. The molecule has 18 heavy (non-hydrogen) atoms. The second-order valence-corrected chi connectivity index (χ2v) is 3.64. The summed E-state index contributed by atoms with van der Waals surface area (Å²) in [5.41, 5.74) is 6.24. The van der Waals surface area contributed by atoms with Crippen molar-refractivity contribution in [2.45, 2.75) is 13.8 Å². The molecule has 7 nitrogen and oxygen atoms in total. The largest absolute Gasteiger partial charge is 0.370 e. The number of aliphatic imine (C=N–C) groups is 1. The van der Waals surface area contributed by atoms with Crippen molar-refractivity contribution < 1.29 is 4.79 Å². The Labute approximate surface area is 106 Å². The molecular formula is C11H20N6O. The van der Waals surface area contributed by atoms with Crippen LogP contribution in [0.15, 0.2) is 17.3 Å². The van der Waals surface area contributed by atoms with Crippen molar-refractivity contribution >= 4 is 11.9 Å². The van der Waals surface area contributed by atoms with Crippen molar-refractivity contribution in [2.24, 2.45) is 10.7 Å². The number of amides is 1. The van der Waals surface area contributed by atoms with E-state index in [2.05, 4.69) is 20.5 Å². The van der Waals surface area contributed by atoms with Crippen molar-refractivity contribution in [2.75, 3.05) is 26.2 Å². The molecule has 0 aromatic carbocycles. The van der Waals surface area contributed by atoms with Crippen molar-refractivity contribution in [1.82, 2.24) is 20.4 Å². The number of guanidine groups is 1. The van der Waals surface area contributed by atoms with E-state index in [0.29, 0.717) is 24.7 Å². The van der Waals surface area contributed by atoms with Gasteiger partial charge in [0.15, 0.2) is 5.96 Å². The van der Waals surface area contributed by atoms with Crippen molar-refractivity contribution in [3.05, 3.63) is 18.0 Å². The zero-order valence-electron chi connectivity index (χ0n) is 10.8. The van der Waals surface area contributed by atoms with Crippen molar-refractivity contribution in [1.29, 1.82) is 0 Å². The van der Waals surface area contributed by atoms with Crippen LogP contribution in [0.4, 0.5) is 0 Å². The lowest BCUT2D eigenvalue weighted by Gasteiger charge is -2.19. The predicted octanol–water partition coefficient (Wildman–Crippen LogP) is -0.204.